The van der Waals surface area contributed by atoms with Crippen molar-refractivity contribution in [2.45, 2.75) is 44.0 Å². The Morgan fingerprint density at radius 3 is 2.50 bits per heavy atom. The summed E-state index contributed by atoms with van der Waals surface area (Å²) in [5, 5.41) is 0. The van der Waals surface area contributed by atoms with E-state index in [-0.39, 0.29) is 18.4 Å². The van der Waals surface area contributed by atoms with Gasteiger partial charge in [-0.15, -0.1) is 0 Å². The number of ether oxygens (including phenoxy) is 1. The summed E-state index contributed by atoms with van der Waals surface area (Å²) < 4.78 is 32.6. The molecule has 1 aromatic carbocycles. The van der Waals surface area contributed by atoms with Crippen LogP contribution in [-0.4, -0.2) is 62.4 Å². The number of carbonyl (C=O) groups excluding carboxylic acids is 1. The van der Waals surface area contributed by atoms with Gasteiger partial charge in [-0.25, -0.2) is 8.42 Å². The number of sulfonamides is 1. The molecule has 1 aliphatic carbocycles. The highest BCUT2D eigenvalue weighted by Crippen LogP contribution is 2.32. The minimum atomic E-state index is -3.54. The molecule has 26 heavy (non-hydrogen) atoms. The third-order valence-corrected chi connectivity index (χ3v) is 7.00. The van der Waals surface area contributed by atoms with E-state index in [1.54, 1.807) is 19.1 Å². The van der Waals surface area contributed by atoms with Crippen LogP contribution in [0.15, 0.2) is 29.2 Å². The summed E-state index contributed by atoms with van der Waals surface area (Å²) in [6.45, 7) is 6.47. The first-order chi connectivity index (χ1) is 12.4. The SMILES string of the molecule is CCOC(=O)CC1CN(S(=O)(=O)c2ccc(C)cc2)CCN1CC1CC1. The Hall–Kier alpha value is -1.44. The molecule has 0 amide bonds. The predicted molar refractivity (Wildman–Crippen MR) is 99.3 cm³/mol. The van der Waals surface area contributed by atoms with Crippen molar-refractivity contribution in [2.75, 3.05) is 32.8 Å². The van der Waals surface area contributed by atoms with Gasteiger partial charge in [-0.05, 0) is 44.7 Å². The summed E-state index contributed by atoms with van der Waals surface area (Å²) in [6.07, 6.45) is 2.70. The molecule has 7 heteroatoms. The summed E-state index contributed by atoms with van der Waals surface area (Å²) in [4.78, 5) is 14.6. The normalized spacial score (nSPS) is 22.3. The maximum atomic E-state index is 13.0. The number of aryl methyl sites for hydroxylation is 1. The van der Waals surface area contributed by atoms with Crippen LogP contribution in [0.3, 0.4) is 0 Å². The predicted octanol–water partition coefficient (Wildman–Crippen LogP) is 2.03. The molecule has 2 aliphatic rings. The zero-order chi connectivity index (χ0) is 18.7. The minimum Gasteiger partial charge on any atom is -0.466 e. The second-order valence-corrected chi connectivity index (χ2v) is 9.22. The maximum absolute atomic E-state index is 13.0. The Morgan fingerprint density at radius 1 is 1.19 bits per heavy atom. The van der Waals surface area contributed by atoms with Crippen LogP contribution in [0.2, 0.25) is 0 Å². The van der Waals surface area contributed by atoms with E-state index in [0.29, 0.717) is 37.1 Å². The van der Waals surface area contributed by atoms with Crippen LogP contribution in [0.5, 0.6) is 0 Å². The lowest BCUT2D eigenvalue weighted by molar-refractivity contribution is -0.145. The molecule has 1 saturated heterocycles. The van der Waals surface area contributed by atoms with Gasteiger partial charge in [0.05, 0.1) is 17.9 Å². The maximum Gasteiger partial charge on any atom is 0.307 e. The first kappa shape index (κ1) is 19.3. The van der Waals surface area contributed by atoms with Gasteiger partial charge in [-0.1, -0.05) is 17.7 Å². The molecule has 0 aromatic heterocycles. The van der Waals surface area contributed by atoms with E-state index in [1.807, 2.05) is 19.1 Å². The molecule has 144 valence electrons. The first-order valence-corrected chi connectivity index (χ1v) is 10.8. The number of benzene rings is 1. The summed E-state index contributed by atoms with van der Waals surface area (Å²) in [5.74, 6) is 0.438. The van der Waals surface area contributed by atoms with Gasteiger partial charge in [0.25, 0.3) is 0 Å². The number of esters is 1. The zero-order valence-electron chi connectivity index (χ0n) is 15.6. The highest BCUT2D eigenvalue weighted by Gasteiger charge is 2.37. The molecule has 2 fully saturated rings. The molecule has 0 N–H and O–H groups in total. The molecule has 6 nitrogen and oxygen atoms in total. The van der Waals surface area contributed by atoms with Gasteiger partial charge in [0.1, 0.15) is 0 Å². The molecule has 1 aromatic rings. The van der Waals surface area contributed by atoms with E-state index < -0.39 is 10.0 Å². The molecule has 1 unspecified atom stereocenters. The third kappa shape index (κ3) is 4.64. The molecule has 1 saturated carbocycles. The van der Waals surface area contributed by atoms with Gasteiger partial charge < -0.3 is 4.74 Å². The lowest BCUT2D eigenvalue weighted by atomic mass is 10.1. The standard InChI is InChI=1S/C19H28N2O4S/c1-3-25-19(22)12-17-14-21(11-10-20(17)13-16-6-7-16)26(23,24)18-8-4-15(2)5-9-18/h4-5,8-9,16-17H,3,6-7,10-14H2,1-2H3. The number of rotatable bonds is 7. The van der Waals surface area contributed by atoms with Gasteiger partial charge in [-0.3, -0.25) is 9.69 Å². The summed E-state index contributed by atoms with van der Waals surface area (Å²) in [7, 11) is -3.54. The zero-order valence-corrected chi connectivity index (χ0v) is 16.4. The van der Waals surface area contributed by atoms with Crippen LogP contribution in [-0.2, 0) is 19.6 Å². The average Bonchev–Trinajstić information content (AvgIpc) is 3.41. The minimum absolute atomic E-state index is 0.122. The number of hydrogen-bond acceptors (Lipinski definition) is 5. The monoisotopic (exact) mass is 380 g/mol. The van der Waals surface area contributed by atoms with Crippen molar-refractivity contribution < 1.29 is 17.9 Å². The number of nitrogens with zero attached hydrogens (tertiary/aromatic N) is 2. The van der Waals surface area contributed by atoms with E-state index in [0.717, 1.165) is 12.1 Å². The molecule has 1 atom stereocenters. The topological polar surface area (TPSA) is 66.9 Å². The van der Waals surface area contributed by atoms with Gasteiger partial charge >= 0.3 is 5.97 Å². The fourth-order valence-electron chi connectivity index (χ4n) is 3.42. The smallest absolute Gasteiger partial charge is 0.307 e. The van der Waals surface area contributed by atoms with Crippen molar-refractivity contribution in [3.63, 3.8) is 0 Å². The largest absolute Gasteiger partial charge is 0.466 e. The van der Waals surface area contributed by atoms with Gasteiger partial charge in [0.15, 0.2) is 0 Å². The van der Waals surface area contributed by atoms with Crippen molar-refractivity contribution >= 4 is 16.0 Å². The van der Waals surface area contributed by atoms with Crippen molar-refractivity contribution in [3.8, 4) is 0 Å². The van der Waals surface area contributed by atoms with Gasteiger partial charge in [0.2, 0.25) is 10.0 Å². The Balaban J connectivity index is 1.74. The van der Waals surface area contributed by atoms with E-state index in [9.17, 15) is 13.2 Å². The summed E-state index contributed by atoms with van der Waals surface area (Å²) in [5.41, 5.74) is 1.03. The van der Waals surface area contributed by atoms with Gasteiger partial charge in [0, 0.05) is 32.2 Å². The van der Waals surface area contributed by atoms with E-state index in [1.165, 1.54) is 17.1 Å². The van der Waals surface area contributed by atoms with E-state index >= 15 is 0 Å². The van der Waals surface area contributed by atoms with E-state index in [2.05, 4.69) is 4.90 Å². The third-order valence-electron chi connectivity index (χ3n) is 5.12. The molecule has 0 spiro atoms. The highest BCUT2D eigenvalue weighted by molar-refractivity contribution is 7.89. The molecule has 1 aliphatic heterocycles. The Morgan fingerprint density at radius 2 is 1.88 bits per heavy atom. The molecular formula is C19H28N2O4S. The van der Waals surface area contributed by atoms with Crippen molar-refractivity contribution in [1.82, 2.24) is 9.21 Å². The molecular weight excluding hydrogens is 352 g/mol. The number of hydrogen-bond donors (Lipinski definition) is 0. The Labute approximate surface area is 156 Å². The first-order valence-electron chi connectivity index (χ1n) is 9.36. The fraction of sp³-hybridized carbons (Fsp3) is 0.632. The summed E-state index contributed by atoms with van der Waals surface area (Å²) in [6, 6.07) is 6.81. The van der Waals surface area contributed by atoms with Crippen LogP contribution in [0, 0.1) is 12.8 Å². The van der Waals surface area contributed by atoms with Gasteiger partial charge in [-0.2, -0.15) is 4.31 Å². The average molecular weight is 381 g/mol. The highest BCUT2D eigenvalue weighted by atomic mass is 32.2. The number of piperazine rings is 1. The van der Waals surface area contributed by atoms with Crippen LogP contribution in [0.4, 0.5) is 0 Å². The molecule has 0 radical (unpaired) electrons. The molecule has 1 heterocycles. The lowest BCUT2D eigenvalue weighted by Crippen LogP contribution is -2.55. The fourth-order valence-corrected chi connectivity index (χ4v) is 4.89. The Kier molecular flexibility index (Phi) is 5.99. The second-order valence-electron chi connectivity index (χ2n) is 7.28. The lowest BCUT2D eigenvalue weighted by Gasteiger charge is -2.40. The van der Waals surface area contributed by atoms with Crippen LogP contribution >= 0.6 is 0 Å². The van der Waals surface area contributed by atoms with Crippen LogP contribution in [0.25, 0.3) is 0 Å². The van der Waals surface area contributed by atoms with Crippen LogP contribution < -0.4 is 0 Å². The van der Waals surface area contributed by atoms with Crippen molar-refractivity contribution in [1.29, 1.82) is 0 Å². The van der Waals surface area contributed by atoms with Crippen LogP contribution in [0.1, 0.15) is 31.7 Å². The van der Waals surface area contributed by atoms with Crippen molar-refractivity contribution in [2.24, 2.45) is 5.92 Å². The number of carbonyl (C=O) groups is 1. The van der Waals surface area contributed by atoms with Crippen molar-refractivity contribution in [3.05, 3.63) is 29.8 Å². The summed E-state index contributed by atoms with van der Waals surface area (Å²) >= 11 is 0. The molecule has 0 bridgehead atoms. The van der Waals surface area contributed by atoms with E-state index in [4.69, 9.17) is 4.74 Å². The quantitative estimate of drug-likeness (QED) is 0.677. The Bertz CT molecular complexity index is 728. The second kappa shape index (κ2) is 8.06. The molecule has 3 rings (SSSR count).